The van der Waals surface area contributed by atoms with Gasteiger partial charge in [0.05, 0.1) is 5.67 Å². The lowest BCUT2D eigenvalue weighted by molar-refractivity contribution is 0.0552. The van der Waals surface area contributed by atoms with Gasteiger partial charge in [-0.2, -0.15) is 0 Å². The van der Waals surface area contributed by atoms with Crippen LogP contribution in [0.2, 0.25) is 39.3 Å². The smallest absolute Gasteiger partial charge is 0.373 e. The Bertz CT molecular complexity index is 272. The largest absolute Gasteiger partial charge is 0.517 e. The molecule has 0 saturated carbocycles. The summed E-state index contributed by atoms with van der Waals surface area (Å²) in [4.78, 5) is 0. The van der Waals surface area contributed by atoms with E-state index in [4.69, 9.17) is 13.3 Å². The van der Waals surface area contributed by atoms with E-state index >= 15 is 0 Å². The van der Waals surface area contributed by atoms with Crippen molar-refractivity contribution >= 4 is 25.3 Å². The van der Waals surface area contributed by atoms with Crippen molar-refractivity contribution in [3.8, 4) is 0 Å². The molecular formula is C14H37NO3Si3. The Kier molecular flexibility index (Phi) is 8.57. The Morgan fingerprint density at radius 2 is 1.00 bits per heavy atom. The fraction of sp³-hybridized carbons (Fsp3) is 1.00. The second-order valence-corrected chi connectivity index (χ2v) is 20.3. The number of hydrogen-bond acceptors (Lipinski definition) is 4. The van der Waals surface area contributed by atoms with Gasteiger partial charge in [-0.05, 0) is 27.7 Å². The molecule has 4 nitrogen and oxygen atoms in total. The monoisotopic (exact) mass is 351 g/mol. The lowest BCUT2D eigenvalue weighted by atomic mass is 10.8. The van der Waals surface area contributed by atoms with Crippen molar-refractivity contribution < 1.29 is 13.3 Å². The highest BCUT2D eigenvalue weighted by Gasteiger charge is 2.54. The Labute approximate surface area is 135 Å². The molecule has 0 aliphatic carbocycles. The van der Waals surface area contributed by atoms with E-state index in [2.05, 4.69) is 50.4 Å². The lowest BCUT2D eigenvalue weighted by Crippen LogP contribution is -2.72. The van der Waals surface area contributed by atoms with Gasteiger partial charge in [-0.25, -0.2) is 0 Å². The quantitative estimate of drug-likeness (QED) is 0.558. The first kappa shape index (κ1) is 21.5. The Hall–Kier alpha value is 0.491. The minimum atomic E-state index is -2.69. The van der Waals surface area contributed by atoms with Gasteiger partial charge in [-0.3, -0.25) is 0 Å². The van der Waals surface area contributed by atoms with Gasteiger partial charge in [-0.1, -0.05) is 39.3 Å². The molecule has 0 bridgehead atoms. The molecular weight excluding hydrogens is 314 g/mol. The van der Waals surface area contributed by atoms with Gasteiger partial charge >= 0.3 is 8.80 Å². The fourth-order valence-corrected chi connectivity index (χ4v) is 19.6. The highest BCUT2D eigenvalue weighted by molar-refractivity contribution is 6.90. The zero-order valence-electron chi connectivity index (χ0n) is 15.9. The molecule has 1 atom stereocenters. The molecule has 0 aromatic heterocycles. The van der Waals surface area contributed by atoms with Gasteiger partial charge in [0, 0.05) is 19.8 Å². The minimum Gasteiger partial charge on any atom is -0.373 e. The van der Waals surface area contributed by atoms with E-state index in [1.165, 1.54) is 0 Å². The van der Waals surface area contributed by atoms with Crippen molar-refractivity contribution in [3.05, 3.63) is 0 Å². The van der Waals surface area contributed by atoms with Gasteiger partial charge in [0.25, 0.3) is 0 Å². The second-order valence-electron chi connectivity index (χ2n) is 7.29. The maximum absolute atomic E-state index is 6.14. The van der Waals surface area contributed by atoms with Crippen LogP contribution in [0.1, 0.15) is 27.7 Å². The van der Waals surface area contributed by atoms with E-state index in [0.717, 1.165) is 0 Å². The zero-order valence-corrected chi connectivity index (χ0v) is 18.9. The summed E-state index contributed by atoms with van der Waals surface area (Å²) in [6.45, 7) is 24.7. The van der Waals surface area contributed by atoms with Crippen LogP contribution in [-0.2, 0) is 13.3 Å². The normalized spacial score (nSPS) is 15.6. The number of rotatable bonds is 10. The van der Waals surface area contributed by atoms with E-state index in [9.17, 15) is 0 Å². The van der Waals surface area contributed by atoms with Crippen LogP contribution in [0.4, 0.5) is 0 Å². The van der Waals surface area contributed by atoms with Gasteiger partial charge < -0.3 is 17.5 Å². The van der Waals surface area contributed by atoms with Crippen LogP contribution in [0.5, 0.6) is 0 Å². The molecule has 1 unspecified atom stereocenters. The Balaban J connectivity index is 5.73. The van der Waals surface area contributed by atoms with Gasteiger partial charge in [0.15, 0.2) is 0 Å². The average Bonchev–Trinajstić information content (AvgIpc) is 2.25. The van der Waals surface area contributed by atoms with Crippen LogP contribution in [0.3, 0.4) is 0 Å². The molecule has 0 N–H and O–H groups in total. The van der Waals surface area contributed by atoms with Crippen LogP contribution in [0, 0.1) is 0 Å². The Morgan fingerprint density at radius 1 is 0.714 bits per heavy atom. The maximum Gasteiger partial charge on any atom is 0.517 e. The van der Waals surface area contributed by atoms with Crippen LogP contribution in [0.25, 0.3) is 0 Å². The molecule has 0 aromatic carbocycles. The maximum atomic E-state index is 6.14. The molecule has 7 heteroatoms. The van der Waals surface area contributed by atoms with Crippen molar-refractivity contribution in [2.75, 3.05) is 19.8 Å². The third-order valence-corrected chi connectivity index (χ3v) is 14.9. The van der Waals surface area contributed by atoms with Crippen molar-refractivity contribution in [1.29, 1.82) is 0 Å². The van der Waals surface area contributed by atoms with Crippen molar-refractivity contribution in [1.82, 2.24) is 4.23 Å². The molecule has 0 radical (unpaired) electrons. The van der Waals surface area contributed by atoms with Crippen LogP contribution < -0.4 is 0 Å². The molecule has 21 heavy (non-hydrogen) atoms. The summed E-state index contributed by atoms with van der Waals surface area (Å²) in [5.41, 5.74) is 0.218. The molecule has 0 aromatic rings. The molecule has 0 aliphatic rings. The average molecular weight is 352 g/mol. The lowest BCUT2D eigenvalue weighted by Gasteiger charge is -2.51. The third kappa shape index (κ3) is 5.89. The third-order valence-electron chi connectivity index (χ3n) is 3.38. The highest BCUT2D eigenvalue weighted by atomic mass is 28.4. The summed E-state index contributed by atoms with van der Waals surface area (Å²) in [6.07, 6.45) is 0. The van der Waals surface area contributed by atoms with Crippen molar-refractivity contribution in [2.24, 2.45) is 0 Å². The van der Waals surface area contributed by atoms with Crippen LogP contribution in [-0.4, -0.2) is 55.0 Å². The van der Waals surface area contributed by atoms with Crippen molar-refractivity contribution in [3.63, 3.8) is 0 Å². The highest BCUT2D eigenvalue weighted by Crippen LogP contribution is 2.29. The van der Waals surface area contributed by atoms with Crippen molar-refractivity contribution in [2.45, 2.75) is 72.6 Å². The number of nitrogens with zero attached hydrogens (tertiary/aromatic N) is 1. The predicted molar refractivity (Wildman–Crippen MR) is 98.6 cm³/mol. The molecule has 0 fully saturated rings. The summed E-state index contributed by atoms with van der Waals surface area (Å²) in [5, 5.41) is 0. The SMILES string of the molecule is CCO[Si](OCC)(OCC)C(C)N([Si](C)(C)C)[Si](C)(C)C. The Morgan fingerprint density at radius 3 is 1.19 bits per heavy atom. The van der Waals surface area contributed by atoms with Gasteiger partial charge in [0.2, 0.25) is 0 Å². The van der Waals surface area contributed by atoms with Crippen LogP contribution in [0.15, 0.2) is 0 Å². The molecule has 0 rings (SSSR count). The summed E-state index contributed by atoms with van der Waals surface area (Å²) in [6, 6.07) is 0. The fourth-order valence-electron chi connectivity index (χ4n) is 3.42. The number of hydrogen-bond donors (Lipinski definition) is 0. The van der Waals surface area contributed by atoms with Gasteiger partial charge in [-0.15, -0.1) is 0 Å². The molecule has 0 heterocycles. The summed E-state index contributed by atoms with van der Waals surface area (Å²) in [7, 11) is -5.67. The topological polar surface area (TPSA) is 30.9 Å². The van der Waals surface area contributed by atoms with E-state index in [1.54, 1.807) is 0 Å². The molecule has 0 saturated heterocycles. The zero-order chi connectivity index (χ0) is 16.9. The van der Waals surface area contributed by atoms with Crippen LogP contribution >= 0.6 is 0 Å². The minimum absolute atomic E-state index is 0.218. The molecule has 128 valence electrons. The summed E-state index contributed by atoms with van der Waals surface area (Å²) in [5.74, 6) is 0. The summed E-state index contributed by atoms with van der Waals surface area (Å²) >= 11 is 0. The first-order valence-electron chi connectivity index (χ1n) is 8.17. The first-order valence-corrected chi connectivity index (χ1v) is 16.9. The predicted octanol–water partition coefficient (Wildman–Crippen LogP) is 3.93. The van der Waals surface area contributed by atoms with Gasteiger partial charge in [0.1, 0.15) is 16.5 Å². The molecule has 0 aliphatic heterocycles. The van der Waals surface area contributed by atoms with E-state index in [-0.39, 0.29) is 5.67 Å². The summed E-state index contributed by atoms with van der Waals surface area (Å²) < 4.78 is 21.2. The standard InChI is InChI=1S/C14H37NO3Si3/c1-11-16-21(17-12-2,18-13-3)14(4)15(19(5,6)7)20(8,9)10/h14H,11-13H2,1-10H3. The molecule has 0 amide bonds. The van der Waals surface area contributed by atoms with E-state index in [0.29, 0.717) is 19.8 Å². The second kappa shape index (κ2) is 8.37. The molecule has 0 spiro atoms. The van der Waals surface area contributed by atoms with E-state index < -0.39 is 25.3 Å². The first-order chi connectivity index (χ1) is 9.46. The van der Waals surface area contributed by atoms with E-state index in [1.807, 2.05) is 20.8 Å².